The van der Waals surface area contributed by atoms with Crippen molar-refractivity contribution < 1.29 is 9.53 Å². The van der Waals surface area contributed by atoms with Crippen LogP contribution < -0.4 is 11.1 Å². The smallest absolute Gasteiger partial charge is 0.340 e. The molecule has 0 fully saturated rings. The zero-order valence-corrected chi connectivity index (χ0v) is 10.8. The number of anilines is 3. The molecule has 3 N–H and O–H groups in total. The van der Waals surface area contributed by atoms with Crippen molar-refractivity contribution in [2.45, 2.75) is 6.92 Å². The van der Waals surface area contributed by atoms with Gasteiger partial charge >= 0.3 is 5.97 Å². The van der Waals surface area contributed by atoms with Gasteiger partial charge in [-0.25, -0.2) is 4.79 Å². The minimum atomic E-state index is -0.434. The highest BCUT2D eigenvalue weighted by atomic mass is 16.5. The van der Waals surface area contributed by atoms with E-state index in [1.54, 1.807) is 30.6 Å². The van der Waals surface area contributed by atoms with E-state index in [9.17, 15) is 4.79 Å². The van der Waals surface area contributed by atoms with Crippen LogP contribution in [0.4, 0.5) is 17.1 Å². The normalized spacial score (nSPS) is 10.0. The maximum Gasteiger partial charge on any atom is 0.340 e. The number of pyridine rings is 1. The molecule has 0 amide bonds. The summed E-state index contributed by atoms with van der Waals surface area (Å²) >= 11 is 0. The Morgan fingerprint density at radius 2 is 2.11 bits per heavy atom. The van der Waals surface area contributed by atoms with E-state index in [0.717, 1.165) is 11.3 Å². The number of hydrogen-bond acceptors (Lipinski definition) is 5. The van der Waals surface area contributed by atoms with Crippen molar-refractivity contribution in [1.82, 2.24) is 4.98 Å². The Morgan fingerprint density at radius 1 is 1.32 bits per heavy atom. The zero-order chi connectivity index (χ0) is 13.8. The summed E-state index contributed by atoms with van der Waals surface area (Å²) in [6.07, 6.45) is 3.41. The van der Waals surface area contributed by atoms with Crippen molar-refractivity contribution in [1.29, 1.82) is 0 Å². The molecule has 0 aliphatic heterocycles. The van der Waals surface area contributed by atoms with Crippen LogP contribution in [0, 0.1) is 6.92 Å². The lowest BCUT2D eigenvalue weighted by Gasteiger charge is -2.12. The fraction of sp³-hybridized carbons (Fsp3) is 0.143. The standard InChI is InChI=1S/C14H15N3O2/c1-9-5-6-16-8-13(9)17-12-4-3-10(15)7-11(12)14(18)19-2/h3-8,17H,15H2,1-2H3. The van der Waals surface area contributed by atoms with Gasteiger partial charge in [0, 0.05) is 11.9 Å². The van der Waals surface area contributed by atoms with Crippen LogP contribution in [-0.2, 0) is 4.74 Å². The third kappa shape index (κ3) is 2.82. The Balaban J connectivity index is 2.40. The number of nitrogen functional groups attached to an aromatic ring is 1. The second kappa shape index (κ2) is 5.39. The third-order valence-corrected chi connectivity index (χ3v) is 2.76. The number of rotatable bonds is 3. The number of aryl methyl sites for hydroxylation is 1. The van der Waals surface area contributed by atoms with Crippen molar-refractivity contribution in [2.75, 3.05) is 18.2 Å². The van der Waals surface area contributed by atoms with Gasteiger partial charge in [-0.1, -0.05) is 0 Å². The maximum absolute atomic E-state index is 11.7. The molecule has 5 nitrogen and oxygen atoms in total. The molecule has 0 atom stereocenters. The van der Waals surface area contributed by atoms with Crippen LogP contribution in [0.5, 0.6) is 0 Å². The largest absolute Gasteiger partial charge is 0.465 e. The number of aromatic nitrogens is 1. The Bertz CT molecular complexity index is 611. The summed E-state index contributed by atoms with van der Waals surface area (Å²) in [5.41, 5.74) is 9.10. The molecule has 2 rings (SSSR count). The number of benzene rings is 1. The molecule has 0 aliphatic carbocycles. The molecule has 0 radical (unpaired) electrons. The molecule has 0 bridgehead atoms. The Morgan fingerprint density at radius 3 is 2.79 bits per heavy atom. The van der Waals surface area contributed by atoms with E-state index >= 15 is 0 Å². The van der Waals surface area contributed by atoms with Crippen molar-refractivity contribution in [3.63, 3.8) is 0 Å². The van der Waals surface area contributed by atoms with E-state index in [0.29, 0.717) is 16.9 Å². The Hall–Kier alpha value is -2.56. The number of esters is 1. The topological polar surface area (TPSA) is 77.2 Å². The Labute approximate surface area is 111 Å². The van der Waals surface area contributed by atoms with Gasteiger partial charge in [0.05, 0.1) is 30.2 Å². The van der Waals surface area contributed by atoms with Gasteiger partial charge in [-0.15, -0.1) is 0 Å². The van der Waals surface area contributed by atoms with Gasteiger partial charge in [-0.3, -0.25) is 4.98 Å². The maximum atomic E-state index is 11.7. The summed E-state index contributed by atoms with van der Waals surface area (Å²) in [6, 6.07) is 6.94. The van der Waals surface area contributed by atoms with E-state index in [1.165, 1.54) is 7.11 Å². The van der Waals surface area contributed by atoms with Gasteiger partial charge in [-0.05, 0) is 36.8 Å². The number of nitrogens with two attached hydrogens (primary N) is 1. The average molecular weight is 257 g/mol. The predicted molar refractivity (Wildman–Crippen MR) is 74.5 cm³/mol. The first-order chi connectivity index (χ1) is 9.11. The lowest BCUT2D eigenvalue weighted by molar-refractivity contribution is 0.0602. The summed E-state index contributed by atoms with van der Waals surface area (Å²) in [4.78, 5) is 15.8. The lowest BCUT2D eigenvalue weighted by Crippen LogP contribution is -2.07. The minimum Gasteiger partial charge on any atom is -0.465 e. The van der Waals surface area contributed by atoms with Crippen molar-refractivity contribution in [2.24, 2.45) is 0 Å². The molecule has 1 heterocycles. The van der Waals surface area contributed by atoms with Crippen LogP contribution in [0.15, 0.2) is 36.7 Å². The summed E-state index contributed by atoms with van der Waals surface area (Å²) in [7, 11) is 1.34. The summed E-state index contributed by atoms with van der Waals surface area (Å²) in [5, 5.41) is 3.16. The number of methoxy groups -OCH3 is 1. The first-order valence-electron chi connectivity index (χ1n) is 5.77. The zero-order valence-electron chi connectivity index (χ0n) is 10.8. The summed E-state index contributed by atoms with van der Waals surface area (Å²) < 4.78 is 4.75. The first-order valence-corrected chi connectivity index (χ1v) is 5.77. The predicted octanol–water partition coefficient (Wildman–Crippen LogP) is 2.50. The van der Waals surface area contributed by atoms with Crippen molar-refractivity contribution in [3.05, 3.63) is 47.8 Å². The summed E-state index contributed by atoms with van der Waals surface area (Å²) in [5.74, 6) is -0.434. The second-order valence-electron chi connectivity index (χ2n) is 4.11. The lowest BCUT2D eigenvalue weighted by atomic mass is 10.1. The minimum absolute atomic E-state index is 0.394. The molecule has 19 heavy (non-hydrogen) atoms. The molecule has 5 heteroatoms. The number of nitrogens with zero attached hydrogens (tertiary/aromatic N) is 1. The number of carbonyl (C=O) groups excluding carboxylic acids is 1. The molecule has 0 saturated carbocycles. The van der Waals surface area contributed by atoms with E-state index in [1.807, 2.05) is 13.0 Å². The van der Waals surface area contributed by atoms with Gasteiger partial charge in [0.1, 0.15) is 0 Å². The number of carbonyl (C=O) groups is 1. The van der Waals surface area contributed by atoms with Gasteiger partial charge in [0.15, 0.2) is 0 Å². The van der Waals surface area contributed by atoms with E-state index in [-0.39, 0.29) is 0 Å². The van der Waals surface area contributed by atoms with Crippen LogP contribution in [-0.4, -0.2) is 18.1 Å². The van der Waals surface area contributed by atoms with Gasteiger partial charge in [0.25, 0.3) is 0 Å². The first kappa shape index (κ1) is 12.9. The molecule has 0 spiro atoms. The van der Waals surface area contributed by atoms with Crippen LogP contribution >= 0.6 is 0 Å². The SMILES string of the molecule is COC(=O)c1cc(N)ccc1Nc1cnccc1C. The monoisotopic (exact) mass is 257 g/mol. The van der Waals surface area contributed by atoms with E-state index in [2.05, 4.69) is 10.3 Å². The van der Waals surface area contributed by atoms with Crippen LogP contribution in [0.25, 0.3) is 0 Å². The third-order valence-electron chi connectivity index (χ3n) is 2.76. The molecular weight excluding hydrogens is 242 g/mol. The fourth-order valence-electron chi connectivity index (χ4n) is 1.69. The number of hydrogen-bond donors (Lipinski definition) is 2. The van der Waals surface area contributed by atoms with Gasteiger partial charge in [-0.2, -0.15) is 0 Å². The Kier molecular flexibility index (Phi) is 3.66. The van der Waals surface area contributed by atoms with E-state index in [4.69, 9.17) is 10.5 Å². The number of ether oxygens (including phenoxy) is 1. The van der Waals surface area contributed by atoms with E-state index < -0.39 is 5.97 Å². The highest BCUT2D eigenvalue weighted by Gasteiger charge is 2.13. The number of nitrogens with one attached hydrogen (secondary N) is 1. The van der Waals surface area contributed by atoms with Crippen LogP contribution in [0.3, 0.4) is 0 Å². The highest BCUT2D eigenvalue weighted by molar-refractivity contribution is 5.97. The molecular formula is C14H15N3O2. The molecule has 0 saturated heterocycles. The molecule has 1 aromatic heterocycles. The molecule has 0 aliphatic rings. The van der Waals surface area contributed by atoms with Gasteiger partial charge in [0.2, 0.25) is 0 Å². The molecule has 0 unspecified atom stereocenters. The quantitative estimate of drug-likeness (QED) is 0.652. The highest BCUT2D eigenvalue weighted by Crippen LogP contribution is 2.25. The van der Waals surface area contributed by atoms with Crippen molar-refractivity contribution in [3.8, 4) is 0 Å². The van der Waals surface area contributed by atoms with Crippen LogP contribution in [0.1, 0.15) is 15.9 Å². The van der Waals surface area contributed by atoms with Crippen molar-refractivity contribution >= 4 is 23.0 Å². The molecule has 98 valence electrons. The fourth-order valence-corrected chi connectivity index (χ4v) is 1.69. The van der Waals surface area contributed by atoms with Crippen LogP contribution in [0.2, 0.25) is 0 Å². The molecule has 1 aromatic carbocycles. The molecule has 2 aromatic rings. The second-order valence-corrected chi connectivity index (χ2v) is 4.11. The summed E-state index contributed by atoms with van der Waals surface area (Å²) in [6.45, 7) is 1.96. The van der Waals surface area contributed by atoms with Gasteiger partial charge < -0.3 is 15.8 Å². The average Bonchev–Trinajstić information content (AvgIpc) is 2.42.